The predicted octanol–water partition coefficient (Wildman–Crippen LogP) is 3.89. The number of anilines is 1. The van der Waals surface area contributed by atoms with Crippen molar-refractivity contribution in [3.63, 3.8) is 0 Å². The van der Waals surface area contributed by atoms with Gasteiger partial charge in [0, 0.05) is 57.8 Å². The van der Waals surface area contributed by atoms with E-state index in [1.807, 2.05) is 0 Å². The van der Waals surface area contributed by atoms with Crippen molar-refractivity contribution in [1.82, 2.24) is 35.5 Å². The number of fused-ring (bicyclic) bond motifs is 1. The monoisotopic (exact) mass is 622 g/mol. The average Bonchev–Trinajstić information content (AvgIpc) is 3.36. The van der Waals surface area contributed by atoms with Crippen molar-refractivity contribution in [2.24, 2.45) is 17.8 Å². The van der Waals surface area contributed by atoms with Gasteiger partial charge in [0.05, 0.1) is 30.4 Å². The van der Waals surface area contributed by atoms with E-state index in [1.165, 1.54) is 4.52 Å². The van der Waals surface area contributed by atoms with Gasteiger partial charge in [0.1, 0.15) is 5.69 Å². The number of piperidine rings is 1. The van der Waals surface area contributed by atoms with Crippen LogP contribution in [0.2, 0.25) is 0 Å². The van der Waals surface area contributed by atoms with Gasteiger partial charge in [0.15, 0.2) is 5.82 Å². The predicted molar refractivity (Wildman–Crippen MR) is 143 cm³/mol. The third kappa shape index (κ3) is 7.49. The molecule has 1 amide bonds. The number of rotatable bonds is 6. The van der Waals surface area contributed by atoms with Gasteiger partial charge in [-0.05, 0) is 38.6 Å². The Kier molecular flexibility index (Phi) is 9.08. The van der Waals surface area contributed by atoms with E-state index in [9.17, 15) is 35.5 Å². The van der Waals surface area contributed by atoms with Gasteiger partial charge in [-0.2, -0.15) is 23.3 Å². The molecule has 0 bridgehead atoms. The molecule has 0 aromatic carbocycles. The molecule has 43 heavy (non-hydrogen) atoms. The van der Waals surface area contributed by atoms with E-state index in [1.54, 1.807) is 18.1 Å². The minimum absolute atomic E-state index is 0.107. The molecule has 2 aromatic heterocycles. The molecule has 1 aliphatic carbocycles. The number of halogens is 7. The molecule has 4 heterocycles. The first-order chi connectivity index (χ1) is 20.2. The maximum atomic E-state index is 14.1. The Bertz CT molecular complexity index is 1280. The zero-order chi connectivity index (χ0) is 31.0. The molecule has 3 atom stereocenters. The van der Waals surface area contributed by atoms with Gasteiger partial charge in [-0.3, -0.25) is 4.79 Å². The number of imidazole rings is 1. The lowest BCUT2D eigenvalue weighted by Gasteiger charge is -2.32. The Morgan fingerprint density at radius 2 is 1.84 bits per heavy atom. The number of nitrogens with one attached hydrogen (secondary N) is 3. The number of carbonyl (C=O) groups is 1. The molecule has 1 unspecified atom stereocenters. The molecule has 3 fully saturated rings. The number of aromatic nitrogens is 4. The molecule has 2 aromatic rings. The van der Waals surface area contributed by atoms with E-state index < -0.39 is 55.3 Å². The number of carbonyl (C=O) groups excluding carboxylic acids is 1. The summed E-state index contributed by atoms with van der Waals surface area (Å²) in [5, 5.41) is 12.9. The molecule has 240 valence electrons. The lowest BCUT2D eigenvalue weighted by molar-refractivity contribution is -0.183. The summed E-state index contributed by atoms with van der Waals surface area (Å²) in [6, 6.07) is -0.361. The maximum Gasteiger partial charge on any atom is 0.393 e. The van der Waals surface area contributed by atoms with Crippen LogP contribution in [0.4, 0.5) is 36.6 Å². The van der Waals surface area contributed by atoms with Crippen molar-refractivity contribution in [3.8, 4) is 0 Å². The van der Waals surface area contributed by atoms with Gasteiger partial charge in [0.2, 0.25) is 11.8 Å². The van der Waals surface area contributed by atoms with Gasteiger partial charge < -0.3 is 20.9 Å². The molecule has 2 saturated heterocycles. The fourth-order valence-electron chi connectivity index (χ4n) is 6.41. The number of nitrogens with zero attached hydrogens (tertiary/aromatic N) is 5. The molecule has 3 aliphatic rings. The second kappa shape index (κ2) is 12.3. The SMILES string of the molecule is CNC(c1cn2nc(C[C@H]3C[C@@H](C(F)(F)F)CNC3=O)c(N3CCCC(F)(F)CNCC3)nc2n1)C1CCC(F)(F)CC1. The molecular formula is C27H37F7N8O. The first kappa shape index (κ1) is 31.7. The van der Waals surface area contributed by atoms with E-state index in [0.29, 0.717) is 18.5 Å². The first-order valence-electron chi connectivity index (χ1n) is 14.7. The van der Waals surface area contributed by atoms with Crippen LogP contribution in [0.15, 0.2) is 6.20 Å². The van der Waals surface area contributed by atoms with Gasteiger partial charge >= 0.3 is 6.18 Å². The zero-order valence-electron chi connectivity index (χ0n) is 23.9. The van der Waals surface area contributed by atoms with Crippen molar-refractivity contribution in [2.75, 3.05) is 44.7 Å². The molecule has 0 spiro atoms. The standard InChI is InChI=1S/C27H37F7N8O/c1-35-21(16-3-6-25(28,29)7-4-16)20-14-42-24(38-20)39-22(41-9-2-5-26(30,31)15-36-8-10-41)19(40-42)12-17-11-18(27(32,33)34)13-37-23(17)43/h14,16-18,21,35-36H,2-13,15H2,1H3,(H,37,43)/t17-,18-,21?/m1/s1. The molecule has 0 radical (unpaired) electrons. The van der Waals surface area contributed by atoms with Gasteiger partial charge in [0.25, 0.3) is 11.7 Å². The summed E-state index contributed by atoms with van der Waals surface area (Å²) in [7, 11) is 1.71. The van der Waals surface area contributed by atoms with Crippen LogP contribution in [0.25, 0.3) is 5.78 Å². The summed E-state index contributed by atoms with van der Waals surface area (Å²) in [5.41, 5.74) is 0.780. The molecular weight excluding hydrogens is 585 g/mol. The quantitative estimate of drug-likeness (QED) is 0.421. The molecule has 1 saturated carbocycles. The van der Waals surface area contributed by atoms with Gasteiger partial charge in [-0.25, -0.2) is 27.1 Å². The van der Waals surface area contributed by atoms with Crippen molar-refractivity contribution < 1.29 is 35.5 Å². The Hall–Kier alpha value is -2.75. The highest BCUT2D eigenvalue weighted by Crippen LogP contribution is 2.41. The third-order valence-electron chi connectivity index (χ3n) is 8.82. The topological polar surface area (TPSA) is 99.5 Å². The van der Waals surface area contributed by atoms with Crippen LogP contribution in [0, 0.1) is 17.8 Å². The smallest absolute Gasteiger partial charge is 0.355 e. The van der Waals surface area contributed by atoms with Crippen LogP contribution in [-0.2, 0) is 11.2 Å². The van der Waals surface area contributed by atoms with Crippen molar-refractivity contribution in [2.45, 2.75) is 75.4 Å². The molecule has 2 aliphatic heterocycles. The number of hydrogen-bond donors (Lipinski definition) is 3. The summed E-state index contributed by atoms with van der Waals surface area (Å²) >= 11 is 0. The normalized spacial score (nSPS) is 26.4. The number of amides is 1. The van der Waals surface area contributed by atoms with Crippen molar-refractivity contribution in [1.29, 1.82) is 0 Å². The van der Waals surface area contributed by atoms with Crippen molar-refractivity contribution >= 4 is 17.5 Å². The van der Waals surface area contributed by atoms with E-state index in [4.69, 9.17) is 4.98 Å². The van der Waals surface area contributed by atoms with Crippen molar-refractivity contribution in [3.05, 3.63) is 17.6 Å². The van der Waals surface area contributed by atoms with E-state index in [2.05, 4.69) is 26.0 Å². The van der Waals surface area contributed by atoms with Crippen LogP contribution in [0.1, 0.15) is 62.4 Å². The lowest BCUT2D eigenvalue weighted by Crippen LogP contribution is -2.47. The fraction of sp³-hybridized carbons (Fsp3) is 0.778. The Morgan fingerprint density at radius 1 is 1.09 bits per heavy atom. The molecule has 5 rings (SSSR count). The Labute approximate surface area is 244 Å². The summed E-state index contributed by atoms with van der Waals surface area (Å²) in [6.45, 7) is -0.289. The molecule has 16 heteroatoms. The number of alkyl halides is 7. The van der Waals surface area contributed by atoms with Crippen LogP contribution >= 0.6 is 0 Å². The summed E-state index contributed by atoms with van der Waals surface area (Å²) in [6.07, 6.45) is -3.50. The van der Waals surface area contributed by atoms with E-state index in [0.717, 1.165) is 0 Å². The van der Waals surface area contributed by atoms with Crippen LogP contribution < -0.4 is 20.9 Å². The molecule has 3 N–H and O–H groups in total. The average molecular weight is 623 g/mol. The number of hydrogen-bond acceptors (Lipinski definition) is 7. The van der Waals surface area contributed by atoms with E-state index in [-0.39, 0.29) is 81.0 Å². The Morgan fingerprint density at radius 3 is 2.53 bits per heavy atom. The van der Waals surface area contributed by atoms with E-state index >= 15 is 0 Å². The summed E-state index contributed by atoms with van der Waals surface area (Å²) < 4.78 is 97.9. The van der Waals surface area contributed by atoms with Gasteiger partial charge in [-0.15, -0.1) is 0 Å². The largest absolute Gasteiger partial charge is 0.393 e. The Balaban J connectivity index is 1.48. The lowest BCUT2D eigenvalue weighted by atomic mass is 9.81. The summed E-state index contributed by atoms with van der Waals surface area (Å²) in [4.78, 5) is 23.8. The van der Waals surface area contributed by atoms with Crippen LogP contribution in [0.3, 0.4) is 0 Å². The zero-order valence-corrected chi connectivity index (χ0v) is 23.9. The first-order valence-corrected chi connectivity index (χ1v) is 14.7. The second-order valence-corrected chi connectivity index (χ2v) is 12.0. The minimum Gasteiger partial charge on any atom is -0.355 e. The summed E-state index contributed by atoms with van der Waals surface area (Å²) in [5.74, 6) is -8.48. The fourth-order valence-corrected chi connectivity index (χ4v) is 6.41. The molecule has 9 nitrogen and oxygen atoms in total. The van der Waals surface area contributed by atoms with Gasteiger partial charge in [-0.1, -0.05) is 0 Å². The minimum atomic E-state index is -4.48. The third-order valence-corrected chi connectivity index (χ3v) is 8.82. The van der Waals surface area contributed by atoms with Crippen LogP contribution in [-0.4, -0.2) is 83.3 Å². The highest BCUT2D eigenvalue weighted by atomic mass is 19.4. The second-order valence-electron chi connectivity index (χ2n) is 12.0. The highest BCUT2D eigenvalue weighted by molar-refractivity contribution is 5.80. The van der Waals surface area contributed by atoms with Crippen LogP contribution in [0.5, 0.6) is 0 Å². The maximum absolute atomic E-state index is 14.1. The highest BCUT2D eigenvalue weighted by Gasteiger charge is 2.45.